The van der Waals surface area contributed by atoms with Crippen molar-refractivity contribution in [3.05, 3.63) is 59.0 Å². The lowest BCUT2D eigenvalue weighted by atomic mass is 10.1. The monoisotopic (exact) mass is 483 g/mol. The highest BCUT2D eigenvalue weighted by Crippen LogP contribution is 2.36. The van der Waals surface area contributed by atoms with Gasteiger partial charge in [-0.3, -0.25) is 9.59 Å². The summed E-state index contributed by atoms with van der Waals surface area (Å²) in [5, 5.41) is 2.73. The van der Waals surface area contributed by atoms with Crippen molar-refractivity contribution < 1.29 is 33.3 Å². The molecule has 3 aromatic rings. The number of esters is 1. The van der Waals surface area contributed by atoms with Crippen LogP contribution in [0.15, 0.2) is 48.5 Å². The molecule has 9 heteroatoms. The molecule has 0 saturated heterocycles. The third-order valence-corrected chi connectivity index (χ3v) is 5.93. The number of hydrogen-bond donors (Lipinski definition) is 1. The molecule has 178 valence electrons. The number of ketones is 1. The number of amides is 1. The van der Waals surface area contributed by atoms with E-state index in [1.165, 1.54) is 25.4 Å². The zero-order valence-corrected chi connectivity index (χ0v) is 20.1. The van der Waals surface area contributed by atoms with Crippen LogP contribution in [0.2, 0.25) is 0 Å². The van der Waals surface area contributed by atoms with E-state index in [1.807, 2.05) is 24.3 Å². The van der Waals surface area contributed by atoms with Gasteiger partial charge < -0.3 is 24.3 Å². The second kappa shape index (κ2) is 11.3. The average Bonchev–Trinajstić information content (AvgIpc) is 3.26. The van der Waals surface area contributed by atoms with Gasteiger partial charge in [-0.2, -0.15) is 0 Å². The zero-order valence-electron chi connectivity index (χ0n) is 19.3. The summed E-state index contributed by atoms with van der Waals surface area (Å²) in [6.07, 6.45) is 0. The predicted octanol–water partition coefficient (Wildman–Crippen LogP) is 4.83. The Bertz CT molecular complexity index is 1180. The van der Waals surface area contributed by atoms with Crippen molar-refractivity contribution in [1.29, 1.82) is 0 Å². The molecule has 0 atom stereocenters. The second-order valence-corrected chi connectivity index (χ2v) is 8.11. The van der Waals surface area contributed by atoms with E-state index in [2.05, 4.69) is 5.32 Å². The Balaban J connectivity index is 1.77. The number of thiophene rings is 1. The van der Waals surface area contributed by atoms with Gasteiger partial charge >= 0.3 is 5.97 Å². The zero-order chi connectivity index (χ0) is 24.7. The van der Waals surface area contributed by atoms with Crippen LogP contribution in [0.25, 0.3) is 10.4 Å². The molecule has 1 aromatic heterocycles. The molecular formula is C25H25NO7S. The standard InChI is InChI=1S/C25H25NO7S/c1-5-32-25(29)24-19(13-22(34-24)16-6-9-18(30-3)10-7-16)26-23(28)14-33-20-11-8-17(15(2)27)12-21(20)31-4/h6-13H,5,14H2,1-4H3,(H,26,28). The van der Waals surface area contributed by atoms with E-state index in [4.69, 9.17) is 18.9 Å². The van der Waals surface area contributed by atoms with Crippen molar-refractivity contribution in [2.75, 3.05) is 32.8 Å². The smallest absolute Gasteiger partial charge is 0.350 e. The van der Waals surface area contributed by atoms with E-state index in [9.17, 15) is 14.4 Å². The summed E-state index contributed by atoms with van der Waals surface area (Å²) in [5.74, 6) is 0.261. The highest BCUT2D eigenvalue weighted by molar-refractivity contribution is 7.18. The summed E-state index contributed by atoms with van der Waals surface area (Å²) in [5.41, 5.74) is 1.67. The molecule has 0 fully saturated rings. The molecule has 8 nitrogen and oxygen atoms in total. The molecule has 2 aromatic carbocycles. The molecule has 1 heterocycles. The van der Waals surface area contributed by atoms with Crippen LogP contribution in [0, 0.1) is 0 Å². The maximum atomic E-state index is 12.6. The molecule has 1 N–H and O–H groups in total. The lowest BCUT2D eigenvalue weighted by Crippen LogP contribution is -2.21. The van der Waals surface area contributed by atoms with Gasteiger partial charge in [0.05, 0.1) is 26.5 Å². The number of rotatable bonds is 10. The molecule has 0 bridgehead atoms. The largest absolute Gasteiger partial charge is 0.497 e. The third-order valence-electron chi connectivity index (χ3n) is 4.77. The van der Waals surface area contributed by atoms with E-state index in [-0.39, 0.29) is 23.9 Å². The molecule has 0 aliphatic heterocycles. The lowest BCUT2D eigenvalue weighted by molar-refractivity contribution is -0.118. The molecule has 0 aliphatic rings. The van der Waals surface area contributed by atoms with Crippen LogP contribution in [-0.4, -0.2) is 45.1 Å². The second-order valence-electron chi connectivity index (χ2n) is 7.06. The van der Waals surface area contributed by atoms with Crippen LogP contribution >= 0.6 is 11.3 Å². The van der Waals surface area contributed by atoms with E-state index in [1.54, 1.807) is 38.3 Å². The summed E-state index contributed by atoms with van der Waals surface area (Å²) in [6, 6.07) is 13.8. The van der Waals surface area contributed by atoms with E-state index < -0.39 is 11.9 Å². The van der Waals surface area contributed by atoms with Gasteiger partial charge in [0.25, 0.3) is 5.91 Å². The van der Waals surface area contributed by atoms with Gasteiger partial charge in [-0.1, -0.05) is 0 Å². The molecule has 0 unspecified atom stereocenters. The quantitative estimate of drug-likeness (QED) is 0.326. The Kier molecular flexibility index (Phi) is 8.26. The Morgan fingerprint density at radius 1 is 0.941 bits per heavy atom. The van der Waals surface area contributed by atoms with Crippen molar-refractivity contribution in [3.8, 4) is 27.7 Å². The number of methoxy groups -OCH3 is 2. The Morgan fingerprint density at radius 2 is 1.68 bits per heavy atom. The molecule has 0 saturated carbocycles. The van der Waals surface area contributed by atoms with Gasteiger partial charge in [-0.15, -0.1) is 11.3 Å². The number of carbonyl (C=O) groups excluding carboxylic acids is 3. The Labute approximate surface area is 201 Å². The van der Waals surface area contributed by atoms with Crippen molar-refractivity contribution in [2.45, 2.75) is 13.8 Å². The van der Waals surface area contributed by atoms with Crippen LogP contribution in [0.1, 0.15) is 33.9 Å². The maximum Gasteiger partial charge on any atom is 0.350 e. The first-order chi connectivity index (χ1) is 16.4. The van der Waals surface area contributed by atoms with Crippen LogP contribution in [0.3, 0.4) is 0 Å². The minimum absolute atomic E-state index is 0.112. The summed E-state index contributed by atoms with van der Waals surface area (Å²) < 4.78 is 21.2. The molecule has 1 amide bonds. The van der Waals surface area contributed by atoms with Crippen molar-refractivity contribution in [3.63, 3.8) is 0 Å². The molecule has 3 rings (SSSR count). The van der Waals surface area contributed by atoms with Gasteiger partial charge in [-0.25, -0.2) is 4.79 Å². The average molecular weight is 484 g/mol. The van der Waals surface area contributed by atoms with Gasteiger partial charge in [0.2, 0.25) is 0 Å². The molecule has 0 radical (unpaired) electrons. The molecule has 0 aliphatic carbocycles. The van der Waals surface area contributed by atoms with E-state index in [0.717, 1.165) is 10.4 Å². The first kappa shape index (κ1) is 24.8. The van der Waals surface area contributed by atoms with Crippen molar-refractivity contribution in [1.82, 2.24) is 0 Å². The minimum Gasteiger partial charge on any atom is -0.497 e. The number of nitrogens with one attached hydrogen (secondary N) is 1. The van der Waals surface area contributed by atoms with E-state index in [0.29, 0.717) is 28.5 Å². The number of carbonyl (C=O) groups is 3. The number of Topliss-reactive ketones (excluding diaryl/α,β-unsaturated/α-hetero) is 1. The maximum absolute atomic E-state index is 12.6. The van der Waals surface area contributed by atoms with Gasteiger partial charge in [0.15, 0.2) is 23.9 Å². The first-order valence-electron chi connectivity index (χ1n) is 10.4. The highest BCUT2D eigenvalue weighted by Gasteiger charge is 2.20. The number of ether oxygens (including phenoxy) is 4. The summed E-state index contributed by atoms with van der Waals surface area (Å²) in [7, 11) is 3.03. The van der Waals surface area contributed by atoms with Gasteiger partial charge in [0.1, 0.15) is 10.6 Å². The fraction of sp³-hybridized carbons (Fsp3) is 0.240. The fourth-order valence-corrected chi connectivity index (χ4v) is 4.08. The van der Waals surface area contributed by atoms with Crippen LogP contribution in [0.4, 0.5) is 5.69 Å². The normalized spacial score (nSPS) is 10.4. The molecule has 34 heavy (non-hydrogen) atoms. The number of anilines is 1. The SMILES string of the molecule is CCOC(=O)c1sc(-c2ccc(OC)cc2)cc1NC(=O)COc1ccc(C(C)=O)cc1OC. The lowest BCUT2D eigenvalue weighted by Gasteiger charge is -2.12. The minimum atomic E-state index is -0.523. The van der Waals surface area contributed by atoms with Crippen molar-refractivity contribution >= 4 is 34.7 Å². The number of hydrogen-bond acceptors (Lipinski definition) is 8. The predicted molar refractivity (Wildman–Crippen MR) is 129 cm³/mol. The topological polar surface area (TPSA) is 100 Å². The van der Waals surface area contributed by atoms with Crippen LogP contribution in [-0.2, 0) is 9.53 Å². The summed E-state index contributed by atoms with van der Waals surface area (Å²) in [6.45, 7) is 3.05. The van der Waals surface area contributed by atoms with Gasteiger partial charge in [-0.05, 0) is 67.9 Å². The summed E-state index contributed by atoms with van der Waals surface area (Å²) in [4.78, 5) is 37.7. The fourth-order valence-electron chi connectivity index (χ4n) is 3.07. The van der Waals surface area contributed by atoms with Gasteiger partial charge in [0, 0.05) is 10.4 Å². The Morgan fingerprint density at radius 3 is 2.29 bits per heavy atom. The molecular weight excluding hydrogens is 458 g/mol. The van der Waals surface area contributed by atoms with Crippen molar-refractivity contribution in [2.24, 2.45) is 0 Å². The van der Waals surface area contributed by atoms with E-state index >= 15 is 0 Å². The third kappa shape index (κ3) is 5.93. The Hall–Kier alpha value is -3.85. The molecule has 0 spiro atoms. The first-order valence-corrected chi connectivity index (χ1v) is 11.2. The van der Waals surface area contributed by atoms with Crippen LogP contribution < -0.4 is 19.5 Å². The summed E-state index contributed by atoms with van der Waals surface area (Å²) >= 11 is 1.22. The highest BCUT2D eigenvalue weighted by atomic mass is 32.1. The van der Waals surface area contributed by atoms with Crippen LogP contribution in [0.5, 0.6) is 17.2 Å². The number of benzene rings is 2.